The molecule has 1 N–H and O–H groups in total. The maximum atomic E-state index is 14.1. The van der Waals surface area contributed by atoms with Crippen molar-refractivity contribution < 1.29 is 50.1 Å². The van der Waals surface area contributed by atoms with Gasteiger partial charge in [-0.05, 0) is 23.8 Å². The van der Waals surface area contributed by atoms with Crippen LogP contribution in [0.2, 0.25) is 0 Å². The highest BCUT2D eigenvalue weighted by molar-refractivity contribution is 6.05. The lowest BCUT2D eigenvalue weighted by Gasteiger charge is -2.46. The number of ether oxygens (including phenoxy) is 3. The van der Waals surface area contributed by atoms with Gasteiger partial charge in [-0.3, -0.25) is 14.4 Å². The first-order valence-electron chi connectivity index (χ1n) is 15.6. The zero-order valence-corrected chi connectivity index (χ0v) is 27.8. The molecule has 2 aromatic heterocycles. The van der Waals surface area contributed by atoms with Gasteiger partial charge in [-0.1, -0.05) is 12.1 Å². The molecule has 1 aromatic carbocycles. The number of hydrogen-bond acceptors (Lipinski definition) is 10. The molecule has 2 aliphatic heterocycles. The number of pyridine rings is 1. The number of carbonyl (C=O) groups excluding carboxylic acids is 2. The van der Waals surface area contributed by atoms with Crippen LogP contribution in [-0.2, 0) is 38.0 Å². The smallest absolute Gasteiger partial charge is 0.423 e. The number of aromatic nitrogens is 3. The summed E-state index contributed by atoms with van der Waals surface area (Å²) in [4.78, 5) is 47.2. The number of rotatable bonds is 12. The number of nitrogens with zero attached hydrogens (tertiary/aromatic N) is 6. The van der Waals surface area contributed by atoms with Gasteiger partial charge >= 0.3 is 12.4 Å². The molecule has 13 nitrogen and oxygen atoms in total. The monoisotopic (exact) mass is 727 g/mol. The lowest BCUT2D eigenvalue weighted by atomic mass is 10.0. The molecular formula is C32H35F6N7O6. The molecule has 1 fully saturated rings. The molecule has 0 unspecified atom stereocenters. The van der Waals surface area contributed by atoms with Crippen LogP contribution in [0, 0.1) is 0 Å². The third kappa shape index (κ3) is 8.36. The largest absolute Gasteiger partial charge is 0.497 e. The summed E-state index contributed by atoms with van der Waals surface area (Å²) in [5, 5.41) is 6.58. The van der Waals surface area contributed by atoms with Gasteiger partial charge in [-0.2, -0.15) is 31.4 Å². The summed E-state index contributed by atoms with van der Waals surface area (Å²) in [5.41, 5.74) is -3.79. The van der Waals surface area contributed by atoms with E-state index < -0.39 is 52.7 Å². The number of fused-ring (bicyclic) bond motifs is 3. The Hall–Kier alpha value is -4.91. The van der Waals surface area contributed by atoms with Gasteiger partial charge in [0.15, 0.2) is 5.82 Å². The van der Waals surface area contributed by atoms with Gasteiger partial charge in [0.2, 0.25) is 5.91 Å². The van der Waals surface area contributed by atoms with E-state index in [9.17, 15) is 40.7 Å². The molecule has 0 bridgehead atoms. The van der Waals surface area contributed by atoms with Crippen LogP contribution >= 0.6 is 0 Å². The molecule has 2 aliphatic rings. The van der Waals surface area contributed by atoms with Gasteiger partial charge in [-0.15, -0.1) is 0 Å². The Kier molecular flexibility index (Phi) is 11.1. The Bertz CT molecular complexity index is 1790. The molecule has 1 saturated heterocycles. The second-order valence-corrected chi connectivity index (χ2v) is 11.9. The van der Waals surface area contributed by atoms with Crippen molar-refractivity contribution in [3.05, 3.63) is 69.8 Å². The molecule has 4 heterocycles. The summed E-state index contributed by atoms with van der Waals surface area (Å²) in [6.45, 7) is -0.365. The number of halogens is 6. The Morgan fingerprint density at radius 1 is 1.02 bits per heavy atom. The Morgan fingerprint density at radius 2 is 1.75 bits per heavy atom. The van der Waals surface area contributed by atoms with Crippen LogP contribution in [-0.4, -0.2) is 104 Å². The fraction of sp³-hybridized carbons (Fsp3) is 0.469. The number of benzene rings is 1. The van der Waals surface area contributed by atoms with Crippen LogP contribution < -0.4 is 25.4 Å². The lowest BCUT2D eigenvalue weighted by Crippen LogP contribution is -2.63. The van der Waals surface area contributed by atoms with Gasteiger partial charge in [0.1, 0.15) is 17.4 Å². The SMILES string of the molecule is COC[C@@H](COCCC(=O)N1CCN2c3ncc(C(F)(F)F)cc3N(C)C(=O)[C@H]2C1)Nc1cnn(Cc2ccc(OC)cc2)c(=O)c1C(F)(F)F. The average molecular weight is 728 g/mol. The van der Waals surface area contributed by atoms with Crippen LogP contribution in [0.4, 0.5) is 43.5 Å². The molecule has 276 valence electrons. The highest BCUT2D eigenvalue weighted by Gasteiger charge is 2.43. The molecular weight excluding hydrogens is 692 g/mol. The van der Waals surface area contributed by atoms with Crippen molar-refractivity contribution in [3.63, 3.8) is 0 Å². The minimum atomic E-state index is -5.02. The van der Waals surface area contributed by atoms with Crippen molar-refractivity contribution in [3.8, 4) is 5.75 Å². The summed E-state index contributed by atoms with van der Waals surface area (Å²) < 4.78 is 98.7. The zero-order valence-electron chi connectivity index (χ0n) is 27.8. The number of anilines is 3. The minimum Gasteiger partial charge on any atom is -0.497 e. The van der Waals surface area contributed by atoms with Crippen molar-refractivity contribution in [2.45, 2.75) is 37.4 Å². The number of methoxy groups -OCH3 is 2. The van der Waals surface area contributed by atoms with E-state index in [-0.39, 0.29) is 69.8 Å². The van der Waals surface area contributed by atoms with E-state index in [1.165, 1.54) is 26.2 Å². The van der Waals surface area contributed by atoms with Crippen molar-refractivity contribution >= 4 is 29.0 Å². The van der Waals surface area contributed by atoms with Gasteiger partial charge < -0.3 is 34.2 Å². The first-order valence-corrected chi connectivity index (χ1v) is 15.6. The van der Waals surface area contributed by atoms with E-state index in [4.69, 9.17) is 14.2 Å². The molecule has 0 radical (unpaired) electrons. The quantitative estimate of drug-likeness (QED) is 0.219. The first-order chi connectivity index (χ1) is 24.1. The number of likely N-dealkylation sites (N-methyl/N-ethyl adjacent to an activating group) is 1. The number of amides is 2. The molecule has 51 heavy (non-hydrogen) atoms. The van der Waals surface area contributed by atoms with Gasteiger partial charge in [-0.25, -0.2) is 9.67 Å². The Labute approximate surface area is 287 Å². The second-order valence-electron chi connectivity index (χ2n) is 11.9. The highest BCUT2D eigenvalue weighted by Crippen LogP contribution is 2.39. The van der Waals surface area contributed by atoms with Crippen molar-refractivity contribution in [1.29, 1.82) is 0 Å². The molecule has 0 spiro atoms. The normalized spacial score (nSPS) is 16.8. The molecule has 2 amide bonds. The minimum absolute atomic E-state index is 0.0198. The fourth-order valence-corrected chi connectivity index (χ4v) is 5.87. The summed E-state index contributed by atoms with van der Waals surface area (Å²) in [6.07, 6.45) is -8.16. The predicted molar refractivity (Wildman–Crippen MR) is 171 cm³/mol. The Balaban J connectivity index is 1.18. The predicted octanol–water partition coefficient (Wildman–Crippen LogP) is 3.26. The summed E-state index contributed by atoms with van der Waals surface area (Å²) in [5.74, 6) is -0.110. The van der Waals surface area contributed by atoms with Gasteiger partial charge in [0.05, 0.1) is 75.6 Å². The molecule has 2 atom stereocenters. The number of piperazine rings is 1. The van der Waals surface area contributed by atoms with E-state index >= 15 is 0 Å². The highest BCUT2D eigenvalue weighted by atomic mass is 19.4. The van der Waals surface area contributed by atoms with Crippen LogP contribution in [0.25, 0.3) is 0 Å². The topological polar surface area (TPSA) is 131 Å². The maximum absolute atomic E-state index is 14.1. The van der Waals surface area contributed by atoms with E-state index in [2.05, 4.69) is 15.4 Å². The molecule has 5 rings (SSSR count). The summed E-state index contributed by atoms with van der Waals surface area (Å²) >= 11 is 0. The van der Waals surface area contributed by atoms with Gasteiger partial charge in [0, 0.05) is 33.4 Å². The molecule has 0 aliphatic carbocycles. The van der Waals surface area contributed by atoms with Crippen molar-refractivity contribution in [2.24, 2.45) is 0 Å². The van der Waals surface area contributed by atoms with Crippen LogP contribution in [0.15, 0.2) is 47.5 Å². The third-order valence-electron chi connectivity index (χ3n) is 8.48. The summed E-state index contributed by atoms with van der Waals surface area (Å²) in [7, 11) is 4.15. The standard InChI is InChI=1S/C32H35F6N7O6/c1-42-24-12-20(31(33,34)35)13-39-28(24)44-10-9-43(16-25(44)29(42)47)26(46)8-11-51-18-21(17-49-2)41-23-14-40-45(30(48)27(23)32(36,37)38)15-19-4-6-22(50-3)7-5-19/h4-7,12-14,21,25,41H,8-11,15-18H2,1-3H3/t21-,25+/m0/s1. The van der Waals surface area contributed by atoms with Crippen LogP contribution in [0.1, 0.15) is 23.1 Å². The van der Waals surface area contributed by atoms with Crippen molar-refractivity contribution in [2.75, 3.05) is 75.8 Å². The van der Waals surface area contributed by atoms with E-state index in [1.54, 1.807) is 29.2 Å². The first kappa shape index (κ1) is 37.3. The number of alkyl halides is 6. The Morgan fingerprint density at radius 3 is 2.39 bits per heavy atom. The maximum Gasteiger partial charge on any atom is 0.423 e. The molecule has 0 saturated carbocycles. The van der Waals surface area contributed by atoms with E-state index in [1.807, 2.05) is 0 Å². The number of hydrogen-bond donors (Lipinski definition) is 1. The van der Waals surface area contributed by atoms with Crippen LogP contribution in [0.3, 0.4) is 0 Å². The van der Waals surface area contributed by atoms with E-state index in [0.29, 0.717) is 22.2 Å². The molecule has 19 heteroatoms. The molecule has 3 aromatic rings. The second kappa shape index (κ2) is 15.1. The fourth-order valence-electron chi connectivity index (χ4n) is 5.87. The number of nitrogens with one attached hydrogen (secondary N) is 1. The third-order valence-corrected chi connectivity index (χ3v) is 8.48. The average Bonchev–Trinajstić information content (AvgIpc) is 3.09. The van der Waals surface area contributed by atoms with Crippen LogP contribution in [0.5, 0.6) is 5.75 Å². The van der Waals surface area contributed by atoms with Gasteiger partial charge in [0.25, 0.3) is 11.5 Å². The lowest BCUT2D eigenvalue weighted by molar-refractivity contribution is -0.139. The van der Waals surface area contributed by atoms with Crippen molar-refractivity contribution in [1.82, 2.24) is 19.7 Å². The number of carbonyl (C=O) groups is 2. The van der Waals surface area contributed by atoms with E-state index in [0.717, 1.165) is 17.2 Å². The summed E-state index contributed by atoms with van der Waals surface area (Å²) in [6, 6.07) is 5.57. The zero-order chi connectivity index (χ0) is 37.1.